The van der Waals surface area contributed by atoms with E-state index in [-0.39, 0.29) is 18.8 Å². The second-order valence-corrected chi connectivity index (χ2v) is 8.04. The Labute approximate surface area is 186 Å². The SMILES string of the molecule is CC=Cc1ccc(OC)c(OC2OC(COC3CCC(O)C(O)C3O)C(O)C(O)C2O)c1. The lowest BCUT2D eigenvalue weighted by atomic mass is 9.89. The molecule has 1 saturated heterocycles. The van der Waals surface area contributed by atoms with Crippen LogP contribution in [0.4, 0.5) is 0 Å². The highest BCUT2D eigenvalue weighted by Gasteiger charge is 2.46. The van der Waals surface area contributed by atoms with E-state index in [1.54, 1.807) is 12.1 Å². The quantitative estimate of drug-likeness (QED) is 0.306. The van der Waals surface area contributed by atoms with Crippen molar-refractivity contribution in [2.24, 2.45) is 0 Å². The van der Waals surface area contributed by atoms with Crippen LogP contribution < -0.4 is 9.47 Å². The van der Waals surface area contributed by atoms with Crippen LogP contribution in [0.5, 0.6) is 11.5 Å². The first-order chi connectivity index (χ1) is 15.3. The summed E-state index contributed by atoms with van der Waals surface area (Å²) in [6.07, 6.45) is -7.25. The van der Waals surface area contributed by atoms with E-state index in [9.17, 15) is 30.6 Å². The average molecular weight is 456 g/mol. The second kappa shape index (κ2) is 10.9. The molecule has 10 nitrogen and oxygen atoms in total. The zero-order chi connectivity index (χ0) is 23.4. The normalized spacial score (nSPS) is 38.1. The van der Waals surface area contributed by atoms with E-state index in [0.717, 1.165) is 5.56 Å². The molecule has 0 aromatic heterocycles. The van der Waals surface area contributed by atoms with E-state index in [2.05, 4.69) is 0 Å². The van der Waals surface area contributed by atoms with E-state index in [1.807, 2.05) is 25.1 Å². The zero-order valence-electron chi connectivity index (χ0n) is 18.0. The third-order valence-electron chi connectivity index (χ3n) is 5.80. The summed E-state index contributed by atoms with van der Waals surface area (Å²) in [5.74, 6) is 0.663. The van der Waals surface area contributed by atoms with Gasteiger partial charge in [0.25, 0.3) is 0 Å². The first-order valence-corrected chi connectivity index (χ1v) is 10.6. The fraction of sp³-hybridized carbons (Fsp3) is 0.636. The maximum Gasteiger partial charge on any atom is 0.229 e. The molecule has 0 amide bonds. The van der Waals surface area contributed by atoms with E-state index < -0.39 is 55.1 Å². The van der Waals surface area contributed by atoms with Gasteiger partial charge in [0.15, 0.2) is 11.5 Å². The second-order valence-electron chi connectivity index (χ2n) is 8.04. The molecule has 9 atom stereocenters. The third kappa shape index (κ3) is 5.41. The van der Waals surface area contributed by atoms with Crippen molar-refractivity contribution in [3.63, 3.8) is 0 Å². The van der Waals surface area contributed by atoms with Crippen molar-refractivity contribution in [2.45, 2.75) is 74.9 Å². The highest BCUT2D eigenvalue weighted by molar-refractivity contribution is 5.55. The summed E-state index contributed by atoms with van der Waals surface area (Å²) in [5, 5.41) is 60.6. The topological polar surface area (TPSA) is 158 Å². The van der Waals surface area contributed by atoms with Crippen molar-refractivity contribution in [3.05, 3.63) is 29.8 Å². The van der Waals surface area contributed by atoms with Crippen LogP contribution in [0, 0.1) is 0 Å². The first kappa shape index (κ1) is 24.9. The molecule has 0 radical (unpaired) electrons. The van der Waals surface area contributed by atoms with Gasteiger partial charge in [-0.2, -0.15) is 0 Å². The maximum atomic E-state index is 10.4. The number of aliphatic hydroxyl groups is 6. The van der Waals surface area contributed by atoms with Crippen LogP contribution in [0.2, 0.25) is 0 Å². The van der Waals surface area contributed by atoms with E-state index >= 15 is 0 Å². The van der Waals surface area contributed by atoms with Crippen LogP contribution in [0.25, 0.3) is 6.08 Å². The third-order valence-corrected chi connectivity index (χ3v) is 5.80. The summed E-state index contributed by atoms with van der Waals surface area (Å²) >= 11 is 0. The molecule has 1 aliphatic heterocycles. The molecule has 9 unspecified atom stereocenters. The molecule has 1 saturated carbocycles. The molecule has 0 bridgehead atoms. The Morgan fingerprint density at radius 1 is 0.938 bits per heavy atom. The Morgan fingerprint density at radius 2 is 1.69 bits per heavy atom. The molecular weight excluding hydrogens is 424 g/mol. The molecule has 1 heterocycles. The molecule has 10 heteroatoms. The van der Waals surface area contributed by atoms with Gasteiger partial charge in [-0.15, -0.1) is 0 Å². The average Bonchev–Trinajstić information content (AvgIpc) is 2.78. The first-order valence-electron chi connectivity index (χ1n) is 10.6. The van der Waals surface area contributed by atoms with Gasteiger partial charge < -0.3 is 49.6 Å². The van der Waals surface area contributed by atoms with Crippen LogP contribution >= 0.6 is 0 Å². The van der Waals surface area contributed by atoms with Gasteiger partial charge in [-0.1, -0.05) is 18.2 Å². The summed E-state index contributed by atoms with van der Waals surface area (Å²) in [7, 11) is 1.46. The molecule has 32 heavy (non-hydrogen) atoms. The Kier molecular flexibility index (Phi) is 8.48. The van der Waals surface area contributed by atoms with Crippen molar-refractivity contribution in [1.29, 1.82) is 0 Å². The maximum absolute atomic E-state index is 10.4. The molecule has 3 rings (SSSR count). The van der Waals surface area contributed by atoms with Crippen molar-refractivity contribution < 1.29 is 49.6 Å². The van der Waals surface area contributed by atoms with E-state index in [1.165, 1.54) is 7.11 Å². The van der Waals surface area contributed by atoms with Crippen LogP contribution in [0.3, 0.4) is 0 Å². The molecule has 6 N–H and O–H groups in total. The monoisotopic (exact) mass is 456 g/mol. The Morgan fingerprint density at radius 3 is 2.38 bits per heavy atom. The highest BCUT2D eigenvalue weighted by Crippen LogP contribution is 2.33. The minimum absolute atomic E-state index is 0.242. The van der Waals surface area contributed by atoms with Gasteiger partial charge >= 0.3 is 0 Å². The number of rotatable bonds is 7. The van der Waals surface area contributed by atoms with Crippen molar-refractivity contribution >= 4 is 6.08 Å². The zero-order valence-corrected chi connectivity index (χ0v) is 18.0. The van der Waals surface area contributed by atoms with Gasteiger partial charge in [0, 0.05) is 0 Å². The predicted molar refractivity (Wildman–Crippen MR) is 112 cm³/mol. The van der Waals surface area contributed by atoms with Crippen molar-refractivity contribution in [3.8, 4) is 11.5 Å². The van der Waals surface area contributed by atoms with Gasteiger partial charge in [-0.3, -0.25) is 0 Å². The Hall–Kier alpha value is -1.76. The molecule has 2 fully saturated rings. The molecular formula is C22H32O10. The number of benzene rings is 1. The number of allylic oxidation sites excluding steroid dienone is 1. The molecule has 0 spiro atoms. The summed E-state index contributed by atoms with van der Waals surface area (Å²) < 4.78 is 22.4. The number of aliphatic hydroxyl groups excluding tert-OH is 6. The van der Waals surface area contributed by atoms with Gasteiger partial charge in [0.05, 0.1) is 25.9 Å². The lowest BCUT2D eigenvalue weighted by Gasteiger charge is -2.41. The van der Waals surface area contributed by atoms with Gasteiger partial charge in [0.1, 0.15) is 36.6 Å². The molecule has 180 valence electrons. The van der Waals surface area contributed by atoms with Crippen molar-refractivity contribution in [1.82, 2.24) is 0 Å². The summed E-state index contributed by atoms with van der Waals surface area (Å²) in [5.41, 5.74) is 0.820. The standard InChI is InChI=1S/C22H32O10/c1-3-4-11-5-7-13(29-2)15(9-11)31-22-21(28)20(27)19(26)16(32-22)10-30-14-8-6-12(23)17(24)18(14)25/h3-5,7,9,12,14,16-28H,6,8,10H2,1-2H3. The summed E-state index contributed by atoms with van der Waals surface area (Å²) in [4.78, 5) is 0. The van der Waals surface area contributed by atoms with Crippen LogP contribution in [-0.2, 0) is 9.47 Å². The smallest absolute Gasteiger partial charge is 0.229 e. The molecule has 1 aromatic carbocycles. The van der Waals surface area contributed by atoms with Crippen LogP contribution in [0.1, 0.15) is 25.3 Å². The fourth-order valence-electron chi connectivity index (χ4n) is 3.88. The number of ether oxygens (including phenoxy) is 4. The highest BCUT2D eigenvalue weighted by atomic mass is 16.7. The van der Waals surface area contributed by atoms with E-state index in [0.29, 0.717) is 12.2 Å². The molecule has 1 aromatic rings. The number of methoxy groups -OCH3 is 1. The molecule has 2 aliphatic rings. The summed E-state index contributed by atoms with van der Waals surface area (Å²) in [6.45, 7) is 1.62. The number of hydrogen-bond donors (Lipinski definition) is 6. The molecule has 1 aliphatic carbocycles. The minimum Gasteiger partial charge on any atom is -0.493 e. The lowest BCUT2D eigenvalue weighted by Crippen LogP contribution is -2.60. The van der Waals surface area contributed by atoms with Crippen LogP contribution in [-0.4, -0.2) is 99.5 Å². The Balaban J connectivity index is 1.70. The predicted octanol–water partition coefficient (Wildman–Crippen LogP) is -0.824. The fourth-order valence-corrected chi connectivity index (χ4v) is 3.88. The van der Waals surface area contributed by atoms with Gasteiger partial charge in [-0.25, -0.2) is 0 Å². The van der Waals surface area contributed by atoms with Crippen LogP contribution in [0.15, 0.2) is 24.3 Å². The number of hydrogen-bond acceptors (Lipinski definition) is 10. The largest absolute Gasteiger partial charge is 0.493 e. The van der Waals surface area contributed by atoms with Gasteiger partial charge in [-0.05, 0) is 37.5 Å². The van der Waals surface area contributed by atoms with E-state index in [4.69, 9.17) is 18.9 Å². The van der Waals surface area contributed by atoms with Gasteiger partial charge in [0.2, 0.25) is 6.29 Å². The van der Waals surface area contributed by atoms with Crippen molar-refractivity contribution in [2.75, 3.05) is 13.7 Å². The Bertz CT molecular complexity index is 771. The minimum atomic E-state index is -1.57. The summed E-state index contributed by atoms with van der Waals surface area (Å²) in [6, 6.07) is 5.19. The lowest BCUT2D eigenvalue weighted by molar-refractivity contribution is -0.284.